The average Bonchev–Trinajstić information content (AvgIpc) is 3.18. The lowest BCUT2D eigenvalue weighted by molar-refractivity contribution is -0.116. The number of hydrogen-bond acceptors (Lipinski definition) is 4. The van der Waals surface area contributed by atoms with Crippen LogP contribution in [0.5, 0.6) is 0 Å². The molecular weight excluding hydrogens is 424 g/mol. The van der Waals surface area contributed by atoms with Crippen LogP contribution in [-0.4, -0.2) is 45.0 Å². The average molecular weight is 454 g/mol. The first-order chi connectivity index (χ1) is 15.8. The van der Waals surface area contributed by atoms with Crippen molar-refractivity contribution >= 4 is 11.6 Å². The molecule has 0 saturated heterocycles. The van der Waals surface area contributed by atoms with E-state index >= 15 is 0 Å². The second-order valence-electron chi connectivity index (χ2n) is 8.73. The van der Waals surface area contributed by atoms with Gasteiger partial charge in [-0.2, -0.15) is 0 Å². The third kappa shape index (κ3) is 4.95. The summed E-state index contributed by atoms with van der Waals surface area (Å²) in [7, 11) is 0. The molecule has 0 spiro atoms. The molecule has 8 heteroatoms. The van der Waals surface area contributed by atoms with Crippen molar-refractivity contribution in [2.75, 3.05) is 24.5 Å². The van der Waals surface area contributed by atoms with Crippen LogP contribution in [0.2, 0.25) is 0 Å². The second kappa shape index (κ2) is 9.79. The number of carbonyl (C=O) groups is 1. The first-order valence-corrected chi connectivity index (χ1v) is 11.3. The number of benzene rings is 1. The van der Waals surface area contributed by atoms with E-state index in [9.17, 15) is 13.6 Å². The molecule has 0 radical (unpaired) electrons. The third-order valence-electron chi connectivity index (χ3n) is 5.98. The largest absolute Gasteiger partial charge is 0.308 e. The lowest BCUT2D eigenvalue weighted by Crippen LogP contribution is -2.38. The molecule has 4 rings (SSSR count). The number of halogens is 2. The van der Waals surface area contributed by atoms with E-state index in [1.165, 1.54) is 12.1 Å². The fourth-order valence-corrected chi connectivity index (χ4v) is 4.34. The quantitative estimate of drug-likeness (QED) is 0.587. The summed E-state index contributed by atoms with van der Waals surface area (Å²) in [5.41, 5.74) is 2.19. The van der Waals surface area contributed by atoms with E-state index in [1.807, 2.05) is 18.3 Å². The smallest absolute Gasteiger partial charge is 0.224 e. The molecule has 1 aromatic carbocycles. The standard InChI is InChI=1S/C25H29F2N5O/c1-17(2)24-29-15-21-6-5-11-30(16-19-8-9-20(26)14-22(19)27)12-13-31(18(3)33)23-7-4-10-28-25(23)32(21)24/h4,7-10,14-15,17H,5-6,11-13,16H2,1-3H3. The van der Waals surface area contributed by atoms with Crippen LogP contribution in [0.3, 0.4) is 0 Å². The molecule has 1 aliphatic heterocycles. The van der Waals surface area contributed by atoms with Gasteiger partial charge in [0.1, 0.15) is 17.5 Å². The number of rotatable bonds is 3. The zero-order valence-electron chi connectivity index (χ0n) is 19.3. The van der Waals surface area contributed by atoms with E-state index in [2.05, 4.69) is 33.3 Å². The summed E-state index contributed by atoms with van der Waals surface area (Å²) in [6.07, 6.45) is 5.20. The summed E-state index contributed by atoms with van der Waals surface area (Å²) < 4.78 is 29.8. The number of hydrogen-bond donors (Lipinski definition) is 0. The number of aromatic nitrogens is 3. The molecule has 0 saturated carbocycles. The molecule has 6 nitrogen and oxygen atoms in total. The minimum atomic E-state index is -0.588. The van der Waals surface area contributed by atoms with Crippen LogP contribution in [0.15, 0.2) is 42.7 Å². The maximum absolute atomic E-state index is 14.3. The zero-order valence-corrected chi connectivity index (χ0v) is 19.3. The number of anilines is 1. The Kier molecular flexibility index (Phi) is 6.83. The topological polar surface area (TPSA) is 54.3 Å². The summed E-state index contributed by atoms with van der Waals surface area (Å²) in [5.74, 6) is 0.545. The normalized spacial score (nSPS) is 15.2. The van der Waals surface area contributed by atoms with Gasteiger partial charge in [-0.25, -0.2) is 18.7 Å². The summed E-state index contributed by atoms with van der Waals surface area (Å²) in [5, 5.41) is 0. The number of amides is 1. The molecule has 174 valence electrons. The molecule has 3 aromatic rings. The fraction of sp³-hybridized carbons (Fsp3) is 0.400. The highest BCUT2D eigenvalue weighted by molar-refractivity contribution is 5.93. The zero-order chi connectivity index (χ0) is 23.5. The van der Waals surface area contributed by atoms with Gasteiger partial charge < -0.3 is 4.90 Å². The third-order valence-corrected chi connectivity index (χ3v) is 5.98. The predicted octanol–water partition coefficient (Wildman–Crippen LogP) is 4.47. The highest BCUT2D eigenvalue weighted by Gasteiger charge is 2.24. The molecule has 0 N–H and O–H groups in total. The van der Waals surface area contributed by atoms with Crippen LogP contribution < -0.4 is 4.90 Å². The van der Waals surface area contributed by atoms with Crippen molar-refractivity contribution in [2.24, 2.45) is 0 Å². The molecule has 33 heavy (non-hydrogen) atoms. The molecule has 0 unspecified atom stereocenters. The van der Waals surface area contributed by atoms with E-state index in [0.29, 0.717) is 37.6 Å². The number of pyridine rings is 1. The van der Waals surface area contributed by atoms with E-state index in [0.717, 1.165) is 36.1 Å². The Morgan fingerprint density at radius 3 is 2.67 bits per heavy atom. The number of carbonyl (C=O) groups excluding carboxylic acids is 1. The molecule has 0 fully saturated rings. The van der Waals surface area contributed by atoms with Crippen molar-refractivity contribution in [1.29, 1.82) is 0 Å². The highest BCUT2D eigenvalue weighted by atomic mass is 19.1. The van der Waals surface area contributed by atoms with Gasteiger partial charge in [0.15, 0.2) is 5.82 Å². The fourth-order valence-electron chi connectivity index (χ4n) is 4.34. The Labute approximate surface area is 192 Å². The van der Waals surface area contributed by atoms with Crippen molar-refractivity contribution in [3.8, 4) is 5.82 Å². The van der Waals surface area contributed by atoms with E-state index < -0.39 is 11.6 Å². The van der Waals surface area contributed by atoms with Gasteiger partial charge in [-0.1, -0.05) is 19.9 Å². The van der Waals surface area contributed by atoms with Gasteiger partial charge in [-0.05, 0) is 37.6 Å². The SMILES string of the molecule is CC(=O)N1CCN(Cc2ccc(F)cc2F)CCCc2cnc(C(C)C)n2-c2ncccc21. The van der Waals surface area contributed by atoms with Crippen LogP contribution in [0.4, 0.5) is 14.5 Å². The Morgan fingerprint density at radius 1 is 1.12 bits per heavy atom. The van der Waals surface area contributed by atoms with E-state index in [1.54, 1.807) is 18.0 Å². The number of imidazole rings is 1. The van der Waals surface area contributed by atoms with E-state index in [4.69, 9.17) is 0 Å². The van der Waals surface area contributed by atoms with Gasteiger partial charge in [-0.3, -0.25) is 14.3 Å². The van der Waals surface area contributed by atoms with Gasteiger partial charge >= 0.3 is 0 Å². The molecular formula is C25H29F2N5O. The number of aryl methyl sites for hydroxylation is 1. The van der Waals surface area contributed by atoms with Crippen LogP contribution in [-0.2, 0) is 17.8 Å². The Bertz CT molecular complexity index is 1140. The van der Waals surface area contributed by atoms with Crippen molar-refractivity contribution < 1.29 is 13.6 Å². The van der Waals surface area contributed by atoms with Crippen LogP contribution in [0, 0.1) is 11.6 Å². The summed E-state index contributed by atoms with van der Waals surface area (Å²) >= 11 is 0. The predicted molar refractivity (Wildman–Crippen MR) is 123 cm³/mol. The Balaban J connectivity index is 1.73. The highest BCUT2D eigenvalue weighted by Crippen LogP contribution is 2.29. The van der Waals surface area contributed by atoms with Crippen LogP contribution in [0.25, 0.3) is 5.82 Å². The summed E-state index contributed by atoms with van der Waals surface area (Å²) in [6, 6.07) is 7.41. The molecule has 2 aromatic heterocycles. The van der Waals surface area contributed by atoms with Crippen molar-refractivity contribution in [1.82, 2.24) is 19.4 Å². The van der Waals surface area contributed by atoms with Gasteiger partial charge in [0.25, 0.3) is 0 Å². The molecule has 3 heterocycles. The van der Waals surface area contributed by atoms with Crippen molar-refractivity contribution in [3.05, 3.63) is 71.4 Å². The molecule has 1 aliphatic rings. The number of nitrogens with zero attached hydrogens (tertiary/aromatic N) is 5. The minimum Gasteiger partial charge on any atom is -0.308 e. The maximum Gasteiger partial charge on any atom is 0.224 e. The van der Waals surface area contributed by atoms with Crippen LogP contribution >= 0.6 is 0 Å². The first kappa shape index (κ1) is 23.0. The van der Waals surface area contributed by atoms with Crippen molar-refractivity contribution in [3.63, 3.8) is 0 Å². The van der Waals surface area contributed by atoms with Gasteiger partial charge in [0.05, 0.1) is 5.69 Å². The van der Waals surface area contributed by atoms with Crippen molar-refractivity contribution in [2.45, 2.75) is 46.1 Å². The summed E-state index contributed by atoms with van der Waals surface area (Å²) in [4.78, 5) is 25.8. The molecule has 0 bridgehead atoms. The first-order valence-electron chi connectivity index (χ1n) is 11.3. The lowest BCUT2D eigenvalue weighted by atomic mass is 10.1. The maximum atomic E-state index is 14.3. The molecule has 0 atom stereocenters. The Hall–Kier alpha value is -3.13. The lowest BCUT2D eigenvalue weighted by Gasteiger charge is -2.28. The van der Waals surface area contributed by atoms with Crippen LogP contribution in [0.1, 0.15) is 50.2 Å². The summed E-state index contributed by atoms with van der Waals surface area (Å²) in [6.45, 7) is 7.74. The van der Waals surface area contributed by atoms with Gasteiger partial charge in [0, 0.05) is 62.2 Å². The Morgan fingerprint density at radius 2 is 1.94 bits per heavy atom. The minimum absolute atomic E-state index is 0.0934. The van der Waals surface area contributed by atoms with Gasteiger partial charge in [-0.15, -0.1) is 0 Å². The van der Waals surface area contributed by atoms with Gasteiger partial charge in [0.2, 0.25) is 5.91 Å². The molecule has 0 aliphatic carbocycles. The second-order valence-corrected chi connectivity index (χ2v) is 8.73. The van der Waals surface area contributed by atoms with E-state index in [-0.39, 0.29) is 11.8 Å². The number of fused-ring (bicyclic) bond motifs is 3. The monoisotopic (exact) mass is 453 g/mol. The molecule has 1 amide bonds.